The highest BCUT2D eigenvalue weighted by molar-refractivity contribution is 5.76. The van der Waals surface area contributed by atoms with Crippen molar-refractivity contribution in [1.82, 2.24) is 5.32 Å². The second-order valence-electron chi connectivity index (χ2n) is 4.29. The number of benzene rings is 1. The summed E-state index contributed by atoms with van der Waals surface area (Å²) in [6, 6.07) is 5.27. The number of likely N-dealkylation sites (N-methyl/N-ethyl adjacent to an activating group) is 1. The quantitative estimate of drug-likeness (QED) is 0.821. The first-order valence-electron chi connectivity index (χ1n) is 5.05. The monoisotopic (exact) mass is 225 g/mol. The molecular weight excluding hydrogens is 209 g/mol. The fourth-order valence-electron chi connectivity index (χ4n) is 1.85. The van der Waals surface area contributed by atoms with Gasteiger partial charge >= 0.3 is 5.97 Å². The Kier molecular flexibility index (Phi) is 3.65. The molecule has 0 aliphatic rings. The topological polar surface area (TPSA) is 49.3 Å². The molecule has 1 rings (SSSR count). The van der Waals surface area contributed by atoms with Crippen molar-refractivity contribution in [1.29, 1.82) is 0 Å². The minimum atomic E-state index is -0.947. The van der Waals surface area contributed by atoms with Crippen LogP contribution in [-0.4, -0.2) is 24.2 Å². The first-order chi connectivity index (χ1) is 7.39. The van der Waals surface area contributed by atoms with Gasteiger partial charge in [-0.15, -0.1) is 0 Å². The number of nitrogens with one attached hydrogen (secondary N) is 1. The average Bonchev–Trinajstić information content (AvgIpc) is 2.17. The van der Waals surface area contributed by atoms with E-state index in [1.165, 1.54) is 12.1 Å². The molecule has 0 aromatic heterocycles. The number of halogens is 1. The Hall–Kier alpha value is -1.42. The highest BCUT2D eigenvalue weighted by atomic mass is 19.1. The molecule has 0 fully saturated rings. The van der Waals surface area contributed by atoms with Crippen LogP contribution in [0.5, 0.6) is 0 Å². The van der Waals surface area contributed by atoms with Crippen molar-refractivity contribution >= 4 is 5.97 Å². The molecule has 3 nitrogen and oxygen atoms in total. The molecule has 0 saturated carbocycles. The third-order valence-electron chi connectivity index (χ3n) is 2.83. The molecule has 4 heteroatoms. The van der Waals surface area contributed by atoms with Crippen molar-refractivity contribution in [2.45, 2.75) is 25.3 Å². The molecule has 1 aromatic rings. The normalized spacial score (nSPS) is 13.5. The Labute approximate surface area is 94.3 Å². The standard InChI is InChI=1S/C12H16FNO2/c1-12(2,10(14-3)11(15)16)8-5-4-6-9(13)7-8/h4-7,10,14H,1-3H3,(H,15,16)/t10-/m1/s1. The summed E-state index contributed by atoms with van der Waals surface area (Å²) in [5, 5.41) is 11.8. The lowest BCUT2D eigenvalue weighted by Gasteiger charge is -2.31. The van der Waals surface area contributed by atoms with Crippen LogP contribution in [0.25, 0.3) is 0 Å². The van der Waals surface area contributed by atoms with Crippen molar-refractivity contribution < 1.29 is 14.3 Å². The zero-order valence-electron chi connectivity index (χ0n) is 9.62. The summed E-state index contributed by atoms with van der Waals surface area (Å²) in [6.07, 6.45) is 0. The van der Waals surface area contributed by atoms with E-state index in [0.29, 0.717) is 5.56 Å². The van der Waals surface area contributed by atoms with Gasteiger partial charge in [0, 0.05) is 5.41 Å². The summed E-state index contributed by atoms with van der Waals surface area (Å²) < 4.78 is 13.1. The number of hydrogen-bond donors (Lipinski definition) is 2. The summed E-state index contributed by atoms with van der Waals surface area (Å²) >= 11 is 0. The molecule has 2 N–H and O–H groups in total. The van der Waals surface area contributed by atoms with E-state index in [4.69, 9.17) is 5.11 Å². The molecule has 88 valence electrons. The molecule has 16 heavy (non-hydrogen) atoms. The number of aliphatic carboxylic acids is 1. The molecule has 0 amide bonds. The maximum absolute atomic E-state index is 13.1. The van der Waals surface area contributed by atoms with Gasteiger partial charge in [-0.05, 0) is 24.7 Å². The molecule has 0 aliphatic heterocycles. The number of carboxylic acid groups (broad SMARTS) is 1. The fraction of sp³-hybridized carbons (Fsp3) is 0.417. The van der Waals surface area contributed by atoms with Gasteiger partial charge in [0.25, 0.3) is 0 Å². The van der Waals surface area contributed by atoms with Gasteiger partial charge in [-0.1, -0.05) is 26.0 Å². The fourth-order valence-corrected chi connectivity index (χ4v) is 1.85. The van der Waals surface area contributed by atoms with Gasteiger partial charge in [0.05, 0.1) is 0 Å². The predicted octanol–water partition coefficient (Wildman–Crippen LogP) is 1.78. The number of rotatable bonds is 4. The molecule has 0 heterocycles. The van der Waals surface area contributed by atoms with Gasteiger partial charge in [0.1, 0.15) is 11.9 Å². The highest BCUT2D eigenvalue weighted by Crippen LogP contribution is 2.27. The van der Waals surface area contributed by atoms with Crippen LogP contribution in [-0.2, 0) is 10.2 Å². The molecule has 0 saturated heterocycles. The van der Waals surface area contributed by atoms with Crippen molar-refractivity contribution in [2.75, 3.05) is 7.05 Å². The van der Waals surface area contributed by atoms with Crippen LogP contribution in [0.4, 0.5) is 4.39 Å². The molecule has 0 unspecified atom stereocenters. The van der Waals surface area contributed by atoms with Gasteiger partial charge < -0.3 is 10.4 Å². The summed E-state index contributed by atoms with van der Waals surface area (Å²) in [5.74, 6) is -1.30. The Morgan fingerprint density at radius 1 is 1.50 bits per heavy atom. The average molecular weight is 225 g/mol. The van der Waals surface area contributed by atoms with E-state index < -0.39 is 17.4 Å². The lowest BCUT2D eigenvalue weighted by atomic mass is 9.77. The Morgan fingerprint density at radius 3 is 2.56 bits per heavy atom. The zero-order valence-corrected chi connectivity index (χ0v) is 9.62. The van der Waals surface area contributed by atoms with Crippen molar-refractivity contribution in [2.24, 2.45) is 0 Å². The predicted molar refractivity (Wildman–Crippen MR) is 59.9 cm³/mol. The van der Waals surface area contributed by atoms with Crippen LogP contribution in [0, 0.1) is 5.82 Å². The second-order valence-corrected chi connectivity index (χ2v) is 4.29. The molecule has 1 atom stereocenters. The maximum atomic E-state index is 13.1. The minimum Gasteiger partial charge on any atom is -0.480 e. The molecule has 0 spiro atoms. The second kappa shape index (κ2) is 4.61. The van der Waals surface area contributed by atoms with Crippen LogP contribution in [0.15, 0.2) is 24.3 Å². The number of carbonyl (C=O) groups is 1. The first kappa shape index (κ1) is 12.6. The molecular formula is C12H16FNO2. The summed E-state index contributed by atoms with van der Waals surface area (Å²) in [5.41, 5.74) is -0.0166. The van der Waals surface area contributed by atoms with Gasteiger partial charge in [0.15, 0.2) is 0 Å². The maximum Gasteiger partial charge on any atom is 0.321 e. The number of hydrogen-bond acceptors (Lipinski definition) is 2. The van der Waals surface area contributed by atoms with Crippen LogP contribution in [0.2, 0.25) is 0 Å². The summed E-state index contributed by atoms with van der Waals surface area (Å²) in [4.78, 5) is 11.1. The van der Waals surface area contributed by atoms with E-state index in [0.717, 1.165) is 0 Å². The van der Waals surface area contributed by atoms with E-state index in [2.05, 4.69) is 5.32 Å². The van der Waals surface area contributed by atoms with Crippen molar-refractivity contribution in [3.05, 3.63) is 35.6 Å². The van der Waals surface area contributed by atoms with Gasteiger partial charge in [0.2, 0.25) is 0 Å². The summed E-state index contributed by atoms with van der Waals surface area (Å²) in [7, 11) is 1.58. The van der Waals surface area contributed by atoms with E-state index in [1.807, 2.05) is 0 Å². The molecule has 0 radical (unpaired) electrons. The third kappa shape index (κ3) is 2.39. The number of carboxylic acids is 1. The zero-order chi connectivity index (χ0) is 12.3. The Morgan fingerprint density at radius 2 is 2.12 bits per heavy atom. The van der Waals surface area contributed by atoms with E-state index in [9.17, 15) is 9.18 Å². The SMILES string of the molecule is CN[C@H](C(=O)O)C(C)(C)c1cccc(F)c1. The van der Waals surface area contributed by atoms with E-state index >= 15 is 0 Å². The Balaban J connectivity index is 3.13. The smallest absolute Gasteiger partial charge is 0.321 e. The van der Waals surface area contributed by atoms with Crippen LogP contribution in [0.1, 0.15) is 19.4 Å². The molecule has 0 aliphatic carbocycles. The van der Waals surface area contributed by atoms with Crippen LogP contribution >= 0.6 is 0 Å². The minimum absolute atomic E-state index is 0.356. The van der Waals surface area contributed by atoms with Crippen LogP contribution in [0.3, 0.4) is 0 Å². The first-order valence-corrected chi connectivity index (χ1v) is 5.05. The molecule has 0 bridgehead atoms. The van der Waals surface area contributed by atoms with Crippen molar-refractivity contribution in [3.8, 4) is 0 Å². The van der Waals surface area contributed by atoms with Gasteiger partial charge in [-0.3, -0.25) is 4.79 Å². The third-order valence-corrected chi connectivity index (χ3v) is 2.83. The summed E-state index contributed by atoms with van der Waals surface area (Å²) in [6.45, 7) is 3.55. The van der Waals surface area contributed by atoms with Crippen LogP contribution < -0.4 is 5.32 Å². The van der Waals surface area contributed by atoms with Gasteiger partial charge in [-0.2, -0.15) is 0 Å². The largest absolute Gasteiger partial charge is 0.480 e. The highest BCUT2D eigenvalue weighted by Gasteiger charge is 2.35. The van der Waals surface area contributed by atoms with E-state index in [-0.39, 0.29) is 5.82 Å². The lowest BCUT2D eigenvalue weighted by molar-refractivity contribution is -0.141. The molecule has 1 aromatic carbocycles. The lowest BCUT2D eigenvalue weighted by Crippen LogP contribution is -2.48. The van der Waals surface area contributed by atoms with E-state index in [1.54, 1.807) is 33.0 Å². The van der Waals surface area contributed by atoms with Crippen molar-refractivity contribution in [3.63, 3.8) is 0 Å². The Bertz CT molecular complexity index is 390. The van der Waals surface area contributed by atoms with Gasteiger partial charge in [-0.25, -0.2) is 4.39 Å².